The van der Waals surface area contributed by atoms with Gasteiger partial charge in [-0.05, 0) is 19.1 Å². The fourth-order valence-electron chi connectivity index (χ4n) is 2.20. The van der Waals surface area contributed by atoms with Crippen molar-refractivity contribution in [3.05, 3.63) is 47.0 Å². The van der Waals surface area contributed by atoms with Crippen molar-refractivity contribution in [1.82, 2.24) is 15.5 Å². The lowest BCUT2D eigenvalue weighted by molar-refractivity contribution is -0.117. The maximum absolute atomic E-state index is 13.1. The molecule has 1 aliphatic heterocycles. The van der Waals surface area contributed by atoms with Gasteiger partial charge in [-0.1, -0.05) is 6.07 Å². The molecule has 1 aromatic carbocycles. The molecule has 2 heterocycles. The summed E-state index contributed by atoms with van der Waals surface area (Å²) in [6.45, 7) is 2.44. The Kier molecular flexibility index (Phi) is 2.79. The second kappa shape index (κ2) is 4.47. The van der Waals surface area contributed by atoms with E-state index in [4.69, 9.17) is 0 Å². The first-order valence-corrected chi connectivity index (χ1v) is 5.97. The van der Waals surface area contributed by atoms with Gasteiger partial charge in [0.05, 0.1) is 6.20 Å². The molecule has 6 heteroatoms. The van der Waals surface area contributed by atoms with E-state index in [-0.39, 0.29) is 11.7 Å². The molecule has 1 aromatic heterocycles. The van der Waals surface area contributed by atoms with Crippen LogP contribution in [0.1, 0.15) is 22.9 Å². The van der Waals surface area contributed by atoms with Gasteiger partial charge in [0.15, 0.2) is 0 Å². The predicted octanol–water partition coefficient (Wildman–Crippen LogP) is 1.64. The van der Waals surface area contributed by atoms with E-state index in [1.54, 1.807) is 12.3 Å². The number of aromatic amines is 1. The Morgan fingerprint density at radius 1 is 1.47 bits per heavy atom. The summed E-state index contributed by atoms with van der Waals surface area (Å²) in [7, 11) is 0. The molecule has 1 amide bonds. The van der Waals surface area contributed by atoms with Crippen LogP contribution in [0.5, 0.6) is 0 Å². The van der Waals surface area contributed by atoms with Crippen molar-refractivity contribution in [3.63, 3.8) is 0 Å². The monoisotopic (exact) mass is 260 g/mol. The molecular formula is C13H13FN4O. The molecular weight excluding hydrogens is 247 g/mol. The van der Waals surface area contributed by atoms with E-state index in [0.717, 1.165) is 16.8 Å². The van der Waals surface area contributed by atoms with E-state index in [1.807, 2.05) is 6.92 Å². The number of nitrogens with one attached hydrogen (secondary N) is 3. The summed E-state index contributed by atoms with van der Waals surface area (Å²) in [4.78, 5) is 11.9. The molecule has 0 aliphatic carbocycles. The molecule has 5 nitrogen and oxygen atoms in total. The zero-order chi connectivity index (χ0) is 13.4. The summed E-state index contributed by atoms with van der Waals surface area (Å²) in [5.74, 6) is -0.521. The molecule has 0 fully saturated rings. The molecule has 19 heavy (non-hydrogen) atoms. The van der Waals surface area contributed by atoms with Crippen molar-refractivity contribution in [1.29, 1.82) is 0 Å². The quantitative estimate of drug-likeness (QED) is 0.785. The SMILES string of the molecule is Cc1[nH]ncc1CNC1C(=O)Nc2cc(F)ccc21. The van der Waals surface area contributed by atoms with Gasteiger partial charge in [-0.2, -0.15) is 5.10 Å². The van der Waals surface area contributed by atoms with Crippen molar-refractivity contribution < 1.29 is 9.18 Å². The number of amides is 1. The van der Waals surface area contributed by atoms with Crippen LogP contribution >= 0.6 is 0 Å². The number of benzene rings is 1. The Labute approximate surface area is 109 Å². The van der Waals surface area contributed by atoms with E-state index in [9.17, 15) is 9.18 Å². The first-order chi connectivity index (χ1) is 9.15. The van der Waals surface area contributed by atoms with Gasteiger partial charge in [0, 0.05) is 29.1 Å². The zero-order valence-electron chi connectivity index (χ0n) is 10.3. The number of rotatable bonds is 3. The lowest BCUT2D eigenvalue weighted by Crippen LogP contribution is -2.27. The molecule has 1 atom stereocenters. The molecule has 2 aromatic rings. The molecule has 1 aliphatic rings. The van der Waals surface area contributed by atoms with Gasteiger partial charge in [0.2, 0.25) is 5.91 Å². The number of aryl methyl sites for hydroxylation is 1. The highest BCUT2D eigenvalue weighted by atomic mass is 19.1. The first-order valence-electron chi connectivity index (χ1n) is 5.97. The van der Waals surface area contributed by atoms with Gasteiger partial charge in [-0.15, -0.1) is 0 Å². The van der Waals surface area contributed by atoms with Crippen LogP contribution in [0.15, 0.2) is 24.4 Å². The van der Waals surface area contributed by atoms with Crippen LogP contribution in [0, 0.1) is 12.7 Å². The van der Waals surface area contributed by atoms with Crippen molar-refractivity contribution in [2.24, 2.45) is 0 Å². The van der Waals surface area contributed by atoms with Gasteiger partial charge < -0.3 is 5.32 Å². The van der Waals surface area contributed by atoms with E-state index in [0.29, 0.717) is 12.2 Å². The summed E-state index contributed by atoms with van der Waals surface area (Å²) < 4.78 is 13.1. The van der Waals surface area contributed by atoms with Crippen LogP contribution < -0.4 is 10.6 Å². The van der Waals surface area contributed by atoms with Gasteiger partial charge >= 0.3 is 0 Å². The summed E-state index contributed by atoms with van der Waals surface area (Å²) in [5.41, 5.74) is 3.27. The molecule has 1 unspecified atom stereocenters. The summed E-state index contributed by atoms with van der Waals surface area (Å²) in [6, 6.07) is 3.86. The predicted molar refractivity (Wildman–Crippen MR) is 67.9 cm³/mol. The highest BCUT2D eigenvalue weighted by Crippen LogP contribution is 2.31. The van der Waals surface area contributed by atoms with Crippen molar-refractivity contribution >= 4 is 11.6 Å². The number of carbonyl (C=O) groups excluding carboxylic acids is 1. The maximum atomic E-state index is 13.1. The number of H-pyrrole nitrogens is 1. The Bertz CT molecular complexity index is 637. The fraction of sp³-hybridized carbons (Fsp3) is 0.231. The van der Waals surface area contributed by atoms with Crippen LogP contribution in [0.25, 0.3) is 0 Å². The lowest BCUT2D eigenvalue weighted by atomic mass is 10.1. The van der Waals surface area contributed by atoms with E-state index >= 15 is 0 Å². The van der Waals surface area contributed by atoms with Gasteiger partial charge in [0.25, 0.3) is 0 Å². The minimum atomic E-state index is -0.454. The third kappa shape index (κ3) is 2.10. The highest BCUT2D eigenvalue weighted by molar-refractivity contribution is 6.02. The molecule has 3 rings (SSSR count). The Hall–Kier alpha value is -2.21. The average Bonchev–Trinajstić information content (AvgIpc) is 2.90. The Balaban J connectivity index is 1.79. The first kappa shape index (κ1) is 11.9. The average molecular weight is 260 g/mol. The van der Waals surface area contributed by atoms with Crippen LogP contribution in [-0.4, -0.2) is 16.1 Å². The third-order valence-electron chi connectivity index (χ3n) is 3.28. The van der Waals surface area contributed by atoms with E-state index < -0.39 is 6.04 Å². The number of nitrogens with zero attached hydrogens (tertiary/aromatic N) is 1. The van der Waals surface area contributed by atoms with Crippen LogP contribution in [-0.2, 0) is 11.3 Å². The van der Waals surface area contributed by atoms with Gasteiger partial charge in [-0.3, -0.25) is 15.2 Å². The molecule has 0 saturated carbocycles. The number of hydrogen-bond donors (Lipinski definition) is 3. The minimum Gasteiger partial charge on any atom is -0.324 e. The number of halogens is 1. The normalized spacial score (nSPS) is 17.4. The highest BCUT2D eigenvalue weighted by Gasteiger charge is 2.30. The Morgan fingerprint density at radius 3 is 3.05 bits per heavy atom. The molecule has 0 saturated heterocycles. The molecule has 3 N–H and O–H groups in total. The molecule has 0 radical (unpaired) electrons. The fourth-order valence-corrected chi connectivity index (χ4v) is 2.20. The second-order valence-electron chi connectivity index (χ2n) is 4.55. The molecule has 0 bridgehead atoms. The number of fused-ring (bicyclic) bond motifs is 1. The van der Waals surface area contributed by atoms with Gasteiger partial charge in [-0.25, -0.2) is 4.39 Å². The topological polar surface area (TPSA) is 69.8 Å². The number of carbonyl (C=O) groups is 1. The van der Waals surface area contributed by atoms with E-state index in [1.165, 1.54) is 12.1 Å². The molecule has 0 spiro atoms. The third-order valence-corrected chi connectivity index (χ3v) is 3.28. The van der Waals surface area contributed by atoms with Crippen molar-refractivity contribution in [3.8, 4) is 0 Å². The maximum Gasteiger partial charge on any atom is 0.246 e. The summed E-state index contributed by atoms with van der Waals surface area (Å²) in [5, 5.41) is 12.6. The summed E-state index contributed by atoms with van der Waals surface area (Å²) >= 11 is 0. The minimum absolute atomic E-state index is 0.165. The standard InChI is InChI=1S/C13H13FN4O/c1-7-8(6-16-18-7)5-15-12-10-3-2-9(14)4-11(10)17-13(12)19/h2-4,6,12,15H,5H2,1H3,(H,16,18)(H,17,19). The van der Waals surface area contributed by atoms with Crippen molar-refractivity contribution in [2.45, 2.75) is 19.5 Å². The van der Waals surface area contributed by atoms with Gasteiger partial charge in [0.1, 0.15) is 11.9 Å². The smallest absolute Gasteiger partial charge is 0.246 e. The van der Waals surface area contributed by atoms with Crippen LogP contribution in [0.3, 0.4) is 0 Å². The molecule has 98 valence electrons. The second-order valence-corrected chi connectivity index (χ2v) is 4.55. The number of anilines is 1. The number of aromatic nitrogens is 2. The van der Waals surface area contributed by atoms with Crippen molar-refractivity contribution in [2.75, 3.05) is 5.32 Å². The Morgan fingerprint density at radius 2 is 2.32 bits per heavy atom. The van der Waals surface area contributed by atoms with Crippen LogP contribution in [0.2, 0.25) is 0 Å². The summed E-state index contributed by atoms with van der Waals surface area (Å²) in [6.07, 6.45) is 1.72. The largest absolute Gasteiger partial charge is 0.324 e. The number of hydrogen-bond acceptors (Lipinski definition) is 3. The van der Waals surface area contributed by atoms with Crippen LogP contribution in [0.4, 0.5) is 10.1 Å². The zero-order valence-corrected chi connectivity index (χ0v) is 10.3. The lowest BCUT2D eigenvalue weighted by Gasteiger charge is -2.10. The van der Waals surface area contributed by atoms with E-state index in [2.05, 4.69) is 20.8 Å².